The van der Waals surface area contributed by atoms with Crippen LogP contribution in [0, 0.1) is 0 Å². The van der Waals surface area contributed by atoms with Crippen LogP contribution in [0.2, 0.25) is 0 Å². The van der Waals surface area contributed by atoms with E-state index in [0.29, 0.717) is 6.42 Å². The molecule has 1 unspecified atom stereocenters. The van der Waals surface area contributed by atoms with E-state index in [2.05, 4.69) is 10.4 Å². The smallest absolute Gasteiger partial charge is 0.226 e. The van der Waals surface area contributed by atoms with Crippen LogP contribution in [-0.4, -0.2) is 21.8 Å². The molecule has 1 atom stereocenters. The van der Waals surface area contributed by atoms with Gasteiger partial charge in [-0.25, -0.2) is 0 Å². The summed E-state index contributed by atoms with van der Waals surface area (Å²) in [5.74, 6) is 1.66. The second-order valence-electron chi connectivity index (χ2n) is 5.62. The van der Waals surface area contributed by atoms with Gasteiger partial charge in [-0.2, -0.15) is 5.10 Å². The van der Waals surface area contributed by atoms with E-state index >= 15 is 0 Å². The first-order chi connectivity index (χ1) is 10.0. The van der Waals surface area contributed by atoms with Gasteiger partial charge in [0.15, 0.2) is 0 Å². The third-order valence-electron chi connectivity index (χ3n) is 3.62. The van der Waals surface area contributed by atoms with Gasteiger partial charge in [-0.3, -0.25) is 9.48 Å². The Kier molecular flexibility index (Phi) is 3.41. The highest BCUT2D eigenvalue weighted by molar-refractivity contribution is 5.94. The average Bonchev–Trinajstić information content (AvgIpc) is 2.79. The topological polar surface area (TPSA) is 56.1 Å². The van der Waals surface area contributed by atoms with Gasteiger partial charge in [-0.1, -0.05) is 12.1 Å². The average molecular weight is 285 g/mol. The Bertz CT molecular complexity index is 676. The number of benzene rings is 1. The molecule has 1 aromatic carbocycles. The predicted molar refractivity (Wildman–Crippen MR) is 80.5 cm³/mol. The number of aromatic nitrogens is 2. The van der Waals surface area contributed by atoms with E-state index in [1.165, 1.54) is 0 Å². The maximum Gasteiger partial charge on any atom is 0.226 e. The first-order valence-electron chi connectivity index (χ1n) is 7.13. The summed E-state index contributed by atoms with van der Waals surface area (Å²) < 4.78 is 7.45. The third kappa shape index (κ3) is 2.63. The molecule has 1 N–H and O–H groups in total. The van der Waals surface area contributed by atoms with Crippen molar-refractivity contribution in [1.82, 2.24) is 9.78 Å². The van der Waals surface area contributed by atoms with Gasteiger partial charge < -0.3 is 10.1 Å². The number of nitrogens with zero attached hydrogens (tertiary/aromatic N) is 2. The fourth-order valence-electron chi connectivity index (χ4n) is 2.72. The van der Waals surface area contributed by atoms with Crippen LogP contribution >= 0.6 is 0 Å². The van der Waals surface area contributed by atoms with Crippen LogP contribution in [0.25, 0.3) is 0 Å². The zero-order valence-corrected chi connectivity index (χ0v) is 12.5. The molecule has 0 bridgehead atoms. The molecule has 0 fully saturated rings. The van der Waals surface area contributed by atoms with E-state index < -0.39 is 0 Å². The monoisotopic (exact) mass is 285 g/mol. The number of rotatable bonds is 3. The molecule has 1 aliphatic heterocycles. The Hall–Kier alpha value is -2.30. The minimum absolute atomic E-state index is 0.0197. The highest BCUT2D eigenvalue weighted by Gasteiger charge is 2.29. The van der Waals surface area contributed by atoms with Gasteiger partial charge in [0, 0.05) is 24.9 Å². The number of amides is 1. The predicted octanol–water partition coefficient (Wildman–Crippen LogP) is 2.68. The lowest BCUT2D eigenvalue weighted by molar-refractivity contribution is -0.116. The van der Waals surface area contributed by atoms with Crippen molar-refractivity contribution in [1.29, 1.82) is 0 Å². The number of carbonyl (C=O) groups excluding carboxylic acids is 1. The summed E-state index contributed by atoms with van der Waals surface area (Å²) in [6, 6.07) is 7.96. The highest BCUT2D eigenvalue weighted by atomic mass is 16.5. The molecule has 0 aliphatic carbocycles. The van der Waals surface area contributed by atoms with Crippen molar-refractivity contribution < 1.29 is 9.53 Å². The van der Waals surface area contributed by atoms with Gasteiger partial charge in [0.25, 0.3) is 0 Å². The van der Waals surface area contributed by atoms with Crippen molar-refractivity contribution >= 4 is 11.7 Å². The van der Waals surface area contributed by atoms with Crippen molar-refractivity contribution in [2.24, 2.45) is 7.05 Å². The summed E-state index contributed by atoms with van der Waals surface area (Å²) >= 11 is 0. The van der Waals surface area contributed by atoms with Crippen molar-refractivity contribution in [3.8, 4) is 5.75 Å². The van der Waals surface area contributed by atoms with Crippen LogP contribution in [0.1, 0.15) is 37.3 Å². The molecule has 2 heterocycles. The van der Waals surface area contributed by atoms with E-state index in [1.54, 1.807) is 4.68 Å². The number of carbonyl (C=O) groups is 1. The summed E-state index contributed by atoms with van der Waals surface area (Å²) in [5.41, 5.74) is 2.14. The first-order valence-corrected chi connectivity index (χ1v) is 7.13. The molecule has 5 heteroatoms. The molecular weight excluding hydrogens is 266 g/mol. The number of ether oxygens (including phenoxy) is 1. The van der Waals surface area contributed by atoms with Gasteiger partial charge in [-0.05, 0) is 31.5 Å². The summed E-state index contributed by atoms with van der Waals surface area (Å²) in [6.45, 7) is 4.00. The van der Waals surface area contributed by atoms with Gasteiger partial charge in [0.2, 0.25) is 5.91 Å². The summed E-state index contributed by atoms with van der Waals surface area (Å²) in [5, 5.41) is 7.13. The third-order valence-corrected chi connectivity index (χ3v) is 3.62. The minimum Gasteiger partial charge on any atom is -0.491 e. The molecule has 1 aromatic heterocycles. The highest BCUT2D eigenvalue weighted by Crippen LogP contribution is 2.37. The number of hydrogen-bond donors (Lipinski definition) is 1. The summed E-state index contributed by atoms with van der Waals surface area (Å²) in [7, 11) is 1.83. The molecule has 0 spiro atoms. The normalized spacial score (nSPS) is 17.5. The lowest BCUT2D eigenvalue weighted by Gasteiger charge is -2.23. The molecule has 0 radical (unpaired) electrons. The zero-order valence-electron chi connectivity index (χ0n) is 12.5. The van der Waals surface area contributed by atoms with Gasteiger partial charge in [-0.15, -0.1) is 0 Å². The molecule has 3 rings (SSSR count). The molecular formula is C16H19N3O2. The number of fused-ring (bicyclic) bond motifs is 1. The van der Waals surface area contributed by atoms with Crippen LogP contribution in [-0.2, 0) is 11.8 Å². The fraction of sp³-hybridized carbons (Fsp3) is 0.375. The molecule has 2 aromatic rings. The quantitative estimate of drug-likeness (QED) is 0.943. The van der Waals surface area contributed by atoms with Crippen LogP contribution < -0.4 is 10.1 Å². The van der Waals surface area contributed by atoms with Crippen molar-refractivity contribution in [3.63, 3.8) is 0 Å². The largest absolute Gasteiger partial charge is 0.491 e. The Balaban J connectivity index is 1.98. The Morgan fingerprint density at radius 3 is 3.00 bits per heavy atom. The Morgan fingerprint density at radius 2 is 2.24 bits per heavy atom. The molecule has 21 heavy (non-hydrogen) atoms. The van der Waals surface area contributed by atoms with E-state index in [0.717, 1.165) is 22.7 Å². The second kappa shape index (κ2) is 5.24. The van der Waals surface area contributed by atoms with E-state index in [1.807, 2.05) is 51.4 Å². The number of hydrogen-bond acceptors (Lipinski definition) is 3. The van der Waals surface area contributed by atoms with Crippen LogP contribution in [0.5, 0.6) is 5.75 Å². The Labute approximate surface area is 123 Å². The van der Waals surface area contributed by atoms with Gasteiger partial charge in [0.1, 0.15) is 11.6 Å². The standard InChI is InChI=1S/C16H19N3O2/c1-10(2)21-12-6-4-5-11(7-12)13-8-15(20)18-16-14(13)9-17-19(16)3/h4-7,9-10,13H,8H2,1-3H3,(H,18,20). The van der Waals surface area contributed by atoms with Crippen molar-refractivity contribution in [2.45, 2.75) is 32.3 Å². The summed E-state index contributed by atoms with van der Waals surface area (Å²) in [6.07, 6.45) is 2.39. The fourth-order valence-corrected chi connectivity index (χ4v) is 2.72. The molecule has 1 aliphatic rings. The van der Waals surface area contributed by atoms with Crippen LogP contribution in [0.3, 0.4) is 0 Å². The van der Waals surface area contributed by atoms with E-state index in [-0.39, 0.29) is 17.9 Å². The Morgan fingerprint density at radius 1 is 1.43 bits per heavy atom. The molecule has 0 saturated carbocycles. The molecule has 1 amide bonds. The molecule has 5 nitrogen and oxygen atoms in total. The minimum atomic E-state index is 0.0197. The first kappa shape index (κ1) is 13.7. The van der Waals surface area contributed by atoms with Crippen LogP contribution in [0.15, 0.2) is 30.5 Å². The van der Waals surface area contributed by atoms with E-state index in [4.69, 9.17) is 4.74 Å². The van der Waals surface area contributed by atoms with Gasteiger partial charge in [0.05, 0.1) is 12.3 Å². The maximum atomic E-state index is 11.9. The van der Waals surface area contributed by atoms with Crippen molar-refractivity contribution in [2.75, 3.05) is 5.32 Å². The number of anilines is 1. The molecule has 110 valence electrons. The zero-order chi connectivity index (χ0) is 15.0. The lowest BCUT2D eigenvalue weighted by atomic mass is 9.87. The second-order valence-corrected chi connectivity index (χ2v) is 5.62. The SMILES string of the molecule is CC(C)Oc1cccc(C2CC(=O)Nc3c2cnn3C)c1. The number of nitrogens with one attached hydrogen (secondary N) is 1. The number of aryl methyl sites for hydroxylation is 1. The van der Waals surface area contributed by atoms with E-state index in [9.17, 15) is 4.79 Å². The van der Waals surface area contributed by atoms with Crippen LogP contribution in [0.4, 0.5) is 5.82 Å². The molecule has 0 saturated heterocycles. The maximum absolute atomic E-state index is 11.9. The lowest BCUT2D eigenvalue weighted by Crippen LogP contribution is -2.24. The van der Waals surface area contributed by atoms with Gasteiger partial charge >= 0.3 is 0 Å². The summed E-state index contributed by atoms with van der Waals surface area (Å²) in [4.78, 5) is 11.9. The van der Waals surface area contributed by atoms with Crippen molar-refractivity contribution in [3.05, 3.63) is 41.6 Å².